The molecule has 0 radical (unpaired) electrons. The molecule has 1 aliphatic rings. The fourth-order valence-electron chi connectivity index (χ4n) is 2.43. The Morgan fingerprint density at radius 3 is 2.20 bits per heavy atom. The van der Waals surface area contributed by atoms with E-state index in [2.05, 4.69) is 26.1 Å². The lowest BCUT2D eigenvalue weighted by Gasteiger charge is -2.22. The van der Waals surface area contributed by atoms with Crippen molar-refractivity contribution in [2.24, 2.45) is 11.8 Å². The van der Waals surface area contributed by atoms with Crippen molar-refractivity contribution in [2.45, 2.75) is 71.8 Å². The first-order valence-corrected chi connectivity index (χ1v) is 7.03. The fourth-order valence-corrected chi connectivity index (χ4v) is 2.43. The van der Waals surface area contributed by atoms with Crippen molar-refractivity contribution in [3.05, 3.63) is 0 Å². The highest BCUT2D eigenvalue weighted by molar-refractivity contribution is 4.82. The van der Waals surface area contributed by atoms with Gasteiger partial charge in [0, 0.05) is 6.04 Å². The van der Waals surface area contributed by atoms with Crippen LogP contribution in [0.25, 0.3) is 0 Å². The highest BCUT2D eigenvalue weighted by atomic mass is 14.9. The lowest BCUT2D eigenvalue weighted by molar-refractivity contribution is 0.322. The summed E-state index contributed by atoms with van der Waals surface area (Å²) in [7, 11) is 0. The SMILES string of the molecule is CCCC(CNC1CC1)CC(CC)CC. The first kappa shape index (κ1) is 13.0. The molecule has 0 amide bonds. The van der Waals surface area contributed by atoms with E-state index in [9.17, 15) is 0 Å². The van der Waals surface area contributed by atoms with Crippen molar-refractivity contribution in [1.29, 1.82) is 0 Å². The van der Waals surface area contributed by atoms with Gasteiger partial charge in [0.05, 0.1) is 0 Å². The average molecular weight is 211 g/mol. The Balaban J connectivity index is 2.20. The number of rotatable bonds is 9. The van der Waals surface area contributed by atoms with Gasteiger partial charge in [-0.2, -0.15) is 0 Å². The molecule has 90 valence electrons. The second-order valence-corrected chi connectivity index (χ2v) is 5.26. The molecule has 1 aliphatic carbocycles. The van der Waals surface area contributed by atoms with Crippen LogP contribution in [0.5, 0.6) is 0 Å². The maximum Gasteiger partial charge on any atom is 0.00683 e. The predicted molar refractivity (Wildman–Crippen MR) is 68.1 cm³/mol. The third-order valence-corrected chi connectivity index (χ3v) is 3.79. The van der Waals surface area contributed by atoms with Crippen molar-refractivity contribution in [3.63, 3.8) is 0 Å². The van der Waals surface area contributed by atoms with E-state index >= 15 is 0 Å². The zero-order valence-electron chi connectivity index (χ0n) is 10.9. The normalized spacial score (nSPS) is 18.4. The molecule has 1 N–H and O–H groups in total. The van der Waals surface area contributed by atoms with Crippen LogP contribution in [0.1, 0.15) is 65.7 Å². The average Bonchev–Trinajstić information content (AvgIpc) is 3.06. The highest BCUT2D eigenvalue weighted by Crippen LogP contribution is 2.24. The predicted octanol–water partition coefficient (Wildman–Crippen LogP) is 3.98. The van der Waals surface area contributed by atoms with Crippen LogP contribution >= 0.6 is 0 Å². The lowest BCUT2D eigenvalue weighted by atomic mass is 9.88. The van der Waals surface area contributed by atoms with Crippen LogP contribution < -0.4 is 5.32 Å². The third-order valence-electron chi connectivity index (χ3n) is 3.79. The van der Waals surface area contributed by atoms with Gasteiger partial charge < -0.3 is 5.32 Å². The topological polar surface area (TPSA) is 12.0 Å². The Bertz CT molecular complexity index is 147. The Morgan fingerprint density at radius 1 is 1.07 bits per heavy atom. The highest BCUT2D eigenvalue weighted by Gasteiger charge is 2.22. The van der Waals surface area contributed by atoms with E-state index in [4.69, 9.17) is 0 Å². The maximum atomic E-state index is 3.70. The molecule has 1 fully saturated rings. The fraction of sp³-hybridized carbons (Fsp3) is 1.00. The summed E-state index contributed by atoms with van der Waals surface area (Å²) in [5.41, 5.74) is 0. The monoisotopic (exact) mass is 211 g/mol. The quantitative estimate of drug-likeness (QED) is 0.608. The molecule has 0 aromatic heterocycles. The minimum Gasteiger partial charge on any atom is -0.314 e. The van der Waals surface area contributed by atoms with E-state index < -0.39 is 0 Å². The van der Waals surface area contributed by atoms with Crippen molar-refractivity contribution >= 4 is 0 Å². The smallest absolute Gasteiger partial charge is 0.00683 e. The van der Waals surface area contributed by atoms with E-state index in [1.807, 2.05) is 0 Å². The van der Waals surface area contributed by atoms with E-state index in [-0.39, 0.29) is 0 Å². The van der Waals surface area contributed by atoms with Crippen LogP contribution in [-0.4, -0.2) is 12.6 Å². The molecule has 1 saturated carbocycles. The van der Waals surface area contributed by atoms with Gasteiger partial charge in [0.2, 0.25) is 0 Å². The van der Waals surface area contributed by atoms with Crippen LogP contribution in [0.4, 0.5) is 0 Å². The molecule has 0 bridgehead atoms. The molecule has 0 aliphatic heterocycles. The molecule has 0 spiro atoms. The summed E-state index contributed by atoms with van der Waals surface area (Å²) in [5, 5.41) is 3.70. The van der Waals surface area contributed by atoms with Gasteiger partial charge in [-0.25, -0.2) is 0 Å². The molecular weight excluding hydrogens is 182 g/mol. The van der Waals surface area contributed by atoms with Crippen molar-refractivity contribution in [1.82, 2.24) is 5.32 Å². The van der Waals surface area contributed by atoms with Gasteiger partial charge in [-0.1, -0.05) is 40.0 Å². The molecule has 15 heavy (non-hydrogen) atoms. The van der Waals surface area contributed by atoms with Gasteiger partial charge >= 0.3 is 0 Å². The van der Waals surface area contributed by atoms with Crippen LogP contribution in [0.2, 0.25) is 0 Å². The van der Waals surface area contributed by atoms with Crippen LogP contribution in [-0.2, 0) is 0 Å². The molecular formula is C14H29N. The Labute approximate surface area is 96.0 Å². The summed E-state index contributed by atoms with van der Waals surface area (Å²) in [5.74, 6) is 1.89. The molecule has 1 nitrogen and oxygen atoms in total. The van der Waals surface area contributed by atoms with Crippen LogP contribution in [0.3, 0.4) is 0 Å². The molecule has 0 heterocycles. The summed E-state index contributed by atoms with van der Waals surface area (Å²) >= 11 is 0. The summed E-state index contributed by atoms with van der Waals surface area (Å²) in [4.78, 5) is 0. The number of hydrogen-bond donors (Lipinski definition) is 1. The number of nitrogens with one attached hydrogen (secondary N) is 1. The molecule has 0 aromatic carbocycles. The van der Waals surface area contributed by atoms with Gasteiger partial charge in [0.15, 0.2) is 0 Å². The Hall–Kier alpha value is -0.0400. The standard InChI is InChI=1S/C14H29N/c1-4-7-13(10-12(5-2)6-3)11-15-14-8-9-14/h12-15H,4-11H2,1-3H3. The van der Waals surface area contributed by atoms with Crippen LogP contribution in [0, 0.1) is 11.8 Å². The van der Waals surface area contributed by atoms with Gasteiger partial charge in [0.1, 0.15) is 0 Å². The zero-order valence-corrected chi connectivity index (χ0v) is 10.9. The van der Waals surface area contributed by atoms with Gasteiger partial charge in [-0.15, -0.1) is 0 Å². The summed E-state index contributed by atoms with van der Waals surface area (Å²) in [6.45, 7) is 8.27. The van der Waals surface area contributed by atoms with E-state index in [0.717, 1.165) is 17.9 Å². The second-order valence-electron chi connectivity index (χ2n) is 5.26. The van der Waals surface area contributed by atoms with Gasteiger partial charge in [-0.3, -0.25) is 0 Å². The lowest BCUT2D eigenvalue weighted by Crippen LogP contribution is -2.26. The minimum atomic E-state index is 0.881. The first-order chi connectivity index (χ1) is 7.30. The molecule has 1 atom stereocenters. The van der Waals surface area contributed by atoms with Gasteiger partial charge in [-0.05, 0) is 44.1 Å². The van der Waals surface area contributed by atoms with E-state index in [1.54, 1.807) is 0 Å². The number of hydrogen-bond acceptors (Lipinski definition) is 1. The molecule has 1 heteroatoms. The molecule has 1 unspecified atom stereocenters. The zero-order chi connectivity index (χ0) is 11.1. The summed E-state index contributed by atoms with van der Waals surface area (Å²) < 4.78 is 0. The second kappa shape index (κ2) is 7.27. The maximum absolute atomic E-state index is 3.70. The largest absolute Gasteiger partial charge is 0.314 e. The van der Waals surface area contributed by atoms with Crippen molar-refractivity contribution in [2.75, 3.05) is 6.54 Å². The summed E-state index contributed by atoms with van der Waals surface area (Å²) in [6, 6.07) is 0.881. The van der Waals surface area contributed by atoms with Crippen LogP contribution in [0.15, 0.2) is 0 Å². The molecule has 0 aromatic rings. The molecule has 0 saturated heterocycles. The first-order valence-electron chi connectivity index (χ1n) is 7.03. The molecule has 1 rings (SSSR count). The van der Waals surface area contributed by atoms with E-state index in [0.29, 0.717) is 0 Å². The third kappa shape index (κ3) is 5.55. The van der Waals surface area contributed by atoms with Crippen molar-refractivity contribution < 1.29 is 0 Å². The Kier molecular flexibility index (Phi) is 6.31. The Morgan fingerprint density at radius 2 is 1.73 bits per heavy atom. The van der Waals surface area contributed by atoms with E-state index in [1.165, 1.54) is 51.5 Å². The van der Waals surface area contributed by atoms with Crippen molar-refractivity contribution in [3.8, 4) is 0 Å². The van der Waals surface area contributed by atoms with Gasteiger partial charge in [0.25, 0.3) is 0 Å². The summed E-state index contributed by atoms with van der Waals surface area (Å²) in [6.07, 6.45) is 9.77. The minimum absolute atomic E-state index is 0.881.